The number of nitrogens with zero attached hydrogens (tertiary/aromatic N) is 10. The van der Waals surface area contributed by atoms with Crippen LogP contribution in [0.15, 0.2) is 46.9 Å². The monoisotopic (exact) mass is 857 g/mol. The Morgan fingerprint density at radius 2 is 1.05 bits per heavy atom. The number of halogens is 3. The first kappa shape index (κ1) is 53.7. The third kappa shape index (κ3) is 27.4. The minimum atomic E-state index is -5.34. The highest BCUT2D eigenvalue weighted by Crippen LogP contribution is 2.27. The van der Waals surface area contributed by atoms with Crippen LogP contribution in [0.2, 0.25) is 0 Å². The van der Waals surface area contributed by atoms with Crippen molar-refractivity contribution in [2.24, 2.45) is 10.2 Å². The summed E-state index contributed by atoms with van der Waals surface area (Å²) in [4.78, 5) is 15.8. The molecule has 0 aliphatic carbocycles. The van der Waals surface area contributed by atoms with Gasteiger partial charge in [0.25, 0.3) is 5.82 Å². The summed E-state index contributed by atoms with van der Waals surface area (Å²) < 4.78 is 99.9. The van der Waals surface area contributed by atoms with Crippen molar-refractivity contribution in [1.82, 2.24) is 14.5 Å². The van der Waals surface area contributed by atoms with Crippen LogP contribution in [0.4, 0.5) is 24.8 Å². The van der Waals surface area contributed by atoms with E-state index < -0.39 is 15.6 Å². The highest BCUT2D eigenvalue weighted by Gasteiger charge is 2.46. The molecule has 2 aromatic heterocycles. The van der Waals surface area contributed by atoms with Crippen molar-refractivity contribution in [2.45, 2.75) is 5.51 Å². The summed E-state index contributed by atoms with van der Waals surface area (Å²) in [6, 6.07) is 7.49. The van der Waals surface area contributed by atoms with E-state index in [2.05, 4.69) is 34.2 Å². The van der Waals surface area contributed by atoms with Gasteiger partial charge in [-0.25, -0.2) is 9.97 Å². The number of ether oxygens (including phenoxy) is 8. The van der Waals surface area contributed by atoms with Gasteiger partial charge in [0.2, 0.25) is 5.75 Å². The van der Waals surface area contributed by atoms with Crippen molar-refractivity contribution in [3.8, 4) is 11.5 Å². The van der Waals surface area contributed by atoms with E-state index in [1.54, 1.807) is 12.4 Å². The molecule has 0 amide bonds. The lowest BCUT2D eigenvalue weighted by Crippen LogP contribution is -2.36. The molecule has 58 heavy (non-hydrogen) atoms. The minimum Gasteiger partial charge on any atom is -0.487 e. The molecule has 0 aromatic carbocycles. The molecular formula is C33H56F3N10O11S+. The molecule has 0 fully saturated rings. The van der Waals surface area contributed by atoms with Crippen molar-refractivity contribution >= 4 is 21.8 Å². The number of rotatable bonds is 29. The zero-order valence-electron chi connectivity index (χ0n) is 33.8. The fraction of sp³-hybridized carbons (Fsp3) is 0.697. The lowest BCUT2D eigenvalue weighted by atomic mass is 10.4. The molecule has 0 radical (unpaired) electrons. The van der Waals surface area contributed by atoms with Gasteiger partial charge in [-0.05, 0) is 35.3 Å². The molecule has 0 bridgehead atoms. The molecule has 0 atom stereocenters. The summed E-state index contributed by atoms with van der Waals surface area (Å²) >= 11 is 0. The number of pyridine rings is 2. The third-order valence-electron chi connectivity index (χ3n) is 6.32. The number of anilines is 1. The fourth-order valence-electron chi connectivity index (χ4n) is 3.73. The Kier molecular flexibility index (Phi) is 30.3. The predicted molar refractivity (Wildman–Crippen MR) is 208 cm³/mol. The number of alkyl halides is 3. The zero-order valence-corrected chi connectivity index (χ0v) is 34.6. The van der Waals surface area contributed by atoms with Gasteiger partial charge in [0.1, 0.15) is 13.2 Å². The van der Waals surface area contributed by atoms with E-state index in [0.29, 0.717) is 117 Å². The van der Waals surface area contributed by atoms with Gasteiger partial charge in [-0.15, -0.1) is 0 Å². The van der Waals surface area contributed by atoms with Crippen molar-refractivity contribution in [1.29, 1.82) is 0 Å². The first-order valence-electron chi connectivity index (χ1n) is 17.6. The Morgan fingerprint density at radius 3 is 1.41 bits per heavy atom. The molecule has 0 unspecified atom stereocenters. The molecule has 330 valence electrons. The lowest BCUT2D eigenvalue weighted by molar-refractivity contribution is -0.0526. The number of aromatic nitrogens is 2. The Morgan fingerprint density at radius 1 is 0.672 bits per heavy atom. The molecule has 0 spiro atoms. The second kappa shape index (κ2) is 32.7. The lowest BCUT2D eigenvalue weighted by Gasteiger charge is -2.23. The van der Waals surface area contributed by atoms with Crippen molar-refractivity contribution < 1.29 is 63.7 Å². The van der Waals surface area contributed by atoms with Crippen LogP contribution in [0.25, 0.3) is 20.9 Å². The van der Waals surface area contributed by atoms with E-state index in [0.717, 1.165) is 23.1 Å². The van der Waals surface area contributed by atoms with Gasteiger partial charge in [0.05, 0.1) is 108 Å². The van der Waals surface area contributed by atoms with Crippen LogP contribution in [0.1, 0.15) is 0 Å². The zero-order chi connectivity index (χ0) is 43.5. The maximum absolute atomic E-state index is 11.1. The highest BCUT2D eigenvalue weighted by atomic mass is 32.2. The van der Waals surface area contributed by atoms with Crippen LogP contribution in [0.5, 0.6) is 11.5 Å². The quantitative estimate of drug-likeness (QED) is 0.0210. The van der Waals surface area contributed by atoms with E-state index in [9.17, 15) is 21.6 Å². The van der Waals surface area contributed by atoms with Crippen molar-refractivity contribution in [3.05, 3.63) is 57.5 Å². The minimum absolute atomic E-state index is 0.339. The first-order chi connectivity index (χ1) is 27.6. The van der Waals surface area contributed by atoms with E-state index in [1.807, 2.05) is 64.4 Å². The Balaban J connectivity index is 0.000000927. The summed E-state index contributed by atoms with van der Waals surface area (Å²) in [6.07, 6.45) is 3.50. The fourth-order valence-corrected chi connectivity index (χ4v) is 3.92. The second-order valence-electron chi connectivity index (χ2n) is 11.9. The Bertz CT molecular complexity index is 1560. The molecule has 2 heterocycles. The van der Waals surface area contributed by atoms with Gasteiger partial charge in [0, 0.05) is 49.4 Å². The van der Waals surface area contributed by atoms with Gasteiger partial charge in [-0.3, -0.25) is 8.67 Å². The molecule has 21 nitrogen and oxygen atoms in total. The van der Waals surface area contributed by atoms with Gasteiger partial charge in [-0.1, -0.05) is 10.2 Å². The van der Waals surface area contributed by atoms with Gasteiger partial charge in [-0.2, -0.15) is 21.6 Å². The summed E-state index contributed by atoms with van der Waals surface area (Å²) in [6.45, 7) is 7.27. The predicted octanol–water partition coefficient (Wildman–Crippen LogP) is 4.39. The van der Waals surface area contributed by atoms with E-state index in [1.165, 1.54) is 0 Å². The van der Waals surface area contributed by atoms with E-state index >= 15 is 0 Å². The van der Waals surface area contributed by atoms with Crippen molar-refractivity contribution in [2.75, 3.05) is 153 Å². The highest BCUT2D eigenvalue weighted by molar-refractivity contribution is 7.87. The molecule has 2 rings (SSSR count). The maximum atomic E-state index is 11.1. The van der Waals surface area contributed by atoms with Gasteiger partial charge >= 0.3 is 15.6 Å². The normalized spacial score (nSPS) is 11.2. The molecular weight excluding hydrogens is 801 g/mol. The summed E-state index contributed by atoms with van der Waals surface area (Å²) in [5, 5.41) is 6.73. The maximum Gasteiger partial charge on any atom is 0.523 e. The van der Waals surface area contributed by atoms with Crippen LogP contribution in [0, 0.1) is 0 Å². The Hall–Kier alpha value is -4.26. The summed E-state index contributed by atoms with van der Waals surface area (Å²) in [7, 11) is 5.09. The van der Waals surface area contributed by atoms with Crippen LogP contribution in [0.3, 0.4) is 0 Å². The largest absolute Gasteiger partial charge is 0.523 e. The number of azide groups is 2. The average Bonchev–Trinajstić information content (AvgIpc) is 3.18. The number of hydrogen-bond acceptors (Lipinski definition) is 16. The van der Waals surface area contributed by atoms with Crippen LogP contribution >= 0.6 is 0 Å². The van der Waals surface area contributed by atoms with Crippen molar-refractivity contribution in [3.63, 3.8) is 0 Å². The molecule has 25 heteroatoms. The SMILES string of the molecule is CN(C)c1ncccc1OCCOCCOCCOCCN=[N+]=[N-].COS(=O)(=O)C(F)(F)F.C[N+](C)(C)c1ncccc1OCCOCCOCCOCCN=[N+]=[N-]. The number of hydrogen-bond donors (Lipinski definition) is 0. The smallest absolute Gasteiger partial charge is 0.487 e. The molecule has 2 aromatic rings. The topological polar surface area (TPSA) is 244 Å². The standard InChI is InChI=1S/C16H28N5O4.C15H25N5O4.C2H3F3O3S/c1-21(2,3)16-15(5-4-6-18-16)25-14-13-24-12-11-23-10-9-22-8-7-19-20-17;1-20(2)15-14(4-3-5-17-15)24-13-12-23-11-10-22-9-8-21-7-6-18-19-16;1-8-9(6,7)2(3,4)5/h4-6H,7-14H2,1-3H3;3-5H,6-13H2,1-2H3;1H3/q+1;;. The summed E-state index contributed by atoms with van der Waals surface area (Å²) in [5.74, 6) is 3.18. The van der Waals surface area contributed by atoms with Gasteiger partial charge in [0.15, 0.2) is 11.6 Å². The Labute approximate surface area is 337 Å². The molecule has 0 N–H and O–H groups in total. The van der Waals surface area contributed by atoms with E-state index in [4.69, 9.17) is 49.0 Å². The van der Waals surface area contributed by atoms with E-state index in [-0.39, 0.29) is 0 Å². The summed E-state index contributed by atoms with van der Waals surface area (Å²) in [5.41, 5.74) is 10.9. The molecule has 0 saturated heterocycles. The molecule has 0 saturated carbocycles. The molecule has 0 aliphatic heterocycles. The van der Waals surface area contributed by atoms with Gasteiger partial charge < -0.3 is 42.8 Å². The van der Waals surface area contributed by atoms with Crippen LogP contribution in [-0.4, -0.2) is 172 Å². The first-order valence-corrected chi connectivity index (χ1v) is 19.0. The average molecular weight is 858 g/mol. The van der Waals surface area contributed by atoms with Crippen LogP contribution in [-0.2, 0) is 42.7 Å². The number of quaternary nitrogens is 1. The second-order valence-corrected chi connectivity index (χ2v) is 13.6. The molecule has 0 aliphatic rings. The third-order valence-corrected chi connectivity index (χ3v) is 7.33. The van der Waals surface area contributed by atoms with Crippen LogP contribution < -0.4 is 18.9 Å².